The summed E-state index contributed by atoms with van der Waals surface area (Å²) in [5.41, 5.74) is 6.26. The summed E-state index contributed by atoms with van der Waals surface area (Å²) >= 11 is 0. The molecular formula is C12H19N3O. The van der Waals surface area contributed by atoms with E-state index in [2.05, 4.69) is 4.98 Å². The van der Waals surface area contributed by atoms with Gasteiger partial charge in [-0.3, -0.25) is 9.78 Å². The molecule has 0 aliphatic rings. The fraction of sp³-hybridized carbons (Fsp3) is 0.500. The summed E-state index contributed by atoms with van der Waals surface area (Å²) < 4.78 is 0. The van der Waals surface area contributed by atoms with Crippen molar-refractivity contribution < 1.29 is 4.79 Å². The number of amides is 1. The Morgan fingerprint density at radius 1 is 1.62 bits per heavy atom. The summed E-state index contributed by atoms with van der Waals surface area (Å²) in [4.78, 5) is 17.6. The summed E-state index contributed by atoms with van der Waals surface area (Å²) in [6.45, 7) is 2.57. The Morgan fingerprint density at radius 2 is 2.38 bits per heavy atom. The molecular weight excluding hydrogens is 202 g/mol. The molecule has 88 valence electrons. The lowest BCUT2D eigenvalue weighted by Crippen LogP contribution is -2.31. The highest BCUT2D eigenvalue weighted by molar-refractivity contribution is 5.94. The number of anilines is 1. The molecule has 1 aromatic heterocycles. The van der Waals surface area contributed by atoms with Crippen LogP contribution in [0.5, 0.6) is 0 Å². The maximum Gasteiger partial charge on any atom is 0.229 e. The van der Waals surface area contributed by atoms with Gasteiger partial charge in [-0.25, -0.2) is 0 Å². The quantitative estimate of drug-likeness (QED) is 0.818. The van der Waals surface area contributed by atoms with Gasteiger partial charge in [0.15, 0.2) is 0 Å². The number of carbonyl (C=O) groups excluding carboxylic acids is 1. The van der Waals surface area contributed by atoms with E-state index in [0.29, 0.717) is 6.54 Å². The summed E-state index contributed by atoms with van der Waals surface area (Å²) in [5, 5.41) is 0. The molecule has 1 rings (SSSR count). The van der Waals surface area contributed by atoms with E-state index in [1.54, 1.807) is 24.3 Å². The Kier molecular flexibility index (Phi) is 4.92. The second kappa shape index (κ2) is 6.23. The molecule has 1 amide bonds. The van der Waals surface area contributed by atoms with E-state index in [0.717, 1.165) is 18.5 Å². The maximum absolute atomic E-state index is 12.0. The van der Waals surface area contributed by atoms with E-state index in [1.807, 2.05) is 19.1 Å². The van der Waals surface area contributed by atoms with Gasteiger partial charge in [-0.05, 0) is 31.5 Å². The number of carbonyl (C=O) groups is 1. The van der Waals surface area contributed by atoms with Gasteiger partial charge in [0.05, 0.1) is 11.9 Å². The highest BCUT2D eigenvalue weighted by Crippen LogP contribution is 2.15. The van der Waals surface area contributed by atoms with Gasteiger partial charge in [0, 0.05) is 19.2 Å². The van der Waals surface area contributed by atoms with Gasteiger partial charge in [0.25, 0.3) is 0 Å². The Labute approximate surface area is 96.5 Å². The molecule has 1 aromatic rings. The van der Waals surface area contributed by atoms with Crippen molar-refractivity contribution in [1.82, 2.24) is 4.98 Å². The van der Waals surface area contributed by atoms with Gasteiger partial charge in [0.2, 0.25) is 5.91 Å². The standard InChI is InChI=1S/C12H19N3O/c1-10(5-3-7-13)12(16)15(2)11-6-4-8-14-9-11/h4,6,8-10H,3,5,7,13H2,1-2H3. The van der Waals surface area contributed by atoms with Gasteiger partial charge in [-0.1, -0.05) is 6.92 Å². The molecule has 2 N–H and O–H groups in total. The van der Waals surface area contributed by atoms with Crippen molar-refractivity contribution in [1.29, 1.82) is 0 Å². The van der Waals surface area contributed by atoms with Crippen molar-refractivity contribution >= 4 is 11.6 Å². The normalized spacial score (nSPS) is 12.2. The van der Waals surface area contributed by atoms with Crippen LogP contribution in [0, 0.1) is 5.92 Å². The SMILES string of the molecule is CC(CCCN)C(=O)N(C)c1cccnc1. The zero-order valence-electron chi connectivity index (χ0n) is 9.89. The van der Waals surface area contributed by atoms with Crippen molar-refractivity contribution in [2.24, 2.45) is 11.7 Å². The Bertz CT molecular complexity index is 326. The van der Waals surface area contributed by atoms with Crippen LogP contribution in [0.15, 0.2) is 24.5 Å². The first-order valence-electron chi connectivity index (χ1n) is 5.54. The molecule has 1 unspecified atom stereocenters. The van der Waals surface area contributed by atoms with Crippen LogP contribution in [0.4, 0.5) is 5.69 Å². The Balaban J connectivity index is 2.60. The van der Waals surface area contributed by atoms with Crippen LogP contribution in [0.1, 0.15) is 19.8 Å². The number of aromatic nitrogens is 1. The molecule has 1 heterocycles. The van der Waals surface area contributed by atoms with Crippen LogP contribution >= 0.6 is 0 Å². The lowest BCUT2D eigenvalue weighted by Gasteiger charge is -2.20. The van der Waals surface area contributed by atoms with Crippen LogP contribution < -0.4 is 10.6 Å². The van der Waals surface area contributed by atoms with Gasteiger partial charge in [-0.2, -0.15) is 0 Å². The minimum atomic E-state index is 0.00811. The van der Waals surface area contributed by atoms with Crippen molar-refractivity contribution in [2.45, 2.75) is 19.8 Å². The van der Waals surface area contributed by atoms with E-state index < -0.39 is 0 Å². The zero-order chi connectivity index (χ0) is 12.0. The van der Waals surface area contributed by atoms with Crippen LogP contribution in [-0.2, 0) is 4.79 Å². The highest BCUT2D eigenvalue weighted by atomic mass is 16.2. The monoisotopic (exact) mass is 221 g/mol. The molecule has 0 radical (unpaired) electrons. The third-order valence-electron chi connectivity index (χ3n) is 2.63. The molecule has 0 saturated carbocycles. The Morgan fingerprint density at radius 3 is 2.94 bits per heavy atom. The second-order valence-electron chi connectivity index (χ2n) is 3.94. The van der Waals surface area contributed by atoms with Crippen LogP contribution in [-0.4, -0.2) is 24.5 Å². The lowest BCUT2D eigenvalue weighted by molar-refractivity contribution is -0.121. The fourth-order valence-corrected chi connectivity index (χ4v) is 1.56. The first kappa shape index (κ1) is 12.6. The number of pyridine rings is 1. The Hall–Kier alpha value is -1.42. The van der Waals surface area contributed by atoms with E-state index in [1.165, 1.54) is 0 Å². The smallest absolute Gasteiger partial charge is 0.229 e. The lowest BCUT2D eigenvalue weighted by atomic mass is 10.0. The predicted molar refractivity (Wildman–Crippen MR) is 65.1 cm³/mol. The average molecular weight is 221 g/mol. The summed E-state index contributed by atoms with van der Waals surface area (Å²) in [7, 11) is 1.78. The number of rotatable bonds is 5. The molecule has 0 fully saturated rings. The molecule has 1 atom stereocenters. The fourth-order valence-electron chi connectivity index (χ4n) is 1.56. The first-order valence-corrected chi connectivity index (χ1v) is 5.54. The van der Waals surface area contributed by atoms with Crippen molar-refractivity contribution in [3.63, 3.8) is 0 Å². The van der Waals surface area contributed by atoms with Crippen LogP contribution in [0.2, 0.25) is 0 Å². The van der Waals surface area contributed by atoms with E-state index in [4.69, 9.17) is 5.73 Å². The van der Waals surface area contributed by atoms with Gasteiger partial charge in [-0.15, -0.1) is 0 Å². The number of hydrogen-bond acceptors (Lipinski definition) is 3. The number of nitrogens with two attached hydrogens (primary N) is 1. The predicted octanol–water partition coefficient (Wildman–Crippen LogP) is 1.42. The third kappa shape index (κ3) is 3.31. The average Bonchev–Trinajstić information content (AvgIpc) is 2.35. The molecule has 4 nitrogen and oxygen atoms in total. The van der Waals surface area contributed by atoms with Crippen LogP contribution in [0.3, 0.4) is 0 Å². The largest absolute Gasteiger partial charge is 0.330 e. The molecule has 0 aromatic carbocycles. The number of nitrogens with zero attached hydrogens (tertiary/aromatic N) is 2. The third-order valence-corrected chi connectivity index (χ3v) is 2.63. The first-order chi connectivity index (χ1) is 7.66. The minimum absolute atomic E-state index is 0.00811. The van der Waals surface area contributed by atoms with E-state index >= 15 is 0 Å². The van der Waals surface area contributed by atoms with Crippen molar-refractivity contribution in [3.8, 4) is 0 Å². The summed E-state index contributed by atoms with van der Waals surface area (Å²) in [6, 6.07) is 3.70. The minimum Gasteiger partial charge on any atom is -0.330 e. The van der Waals surface area contributed by atoms with Gasteiger partial charge in [0.1, 0.15) is 0 Å². The molecule has 0 spiro atoms. The number of hydrogen-bond donors (Lipinski definition) is 1. The summed E-state index contributed by atoms with van der Waals surface area (Å²) in [5.74, 6) is 0.121. The summed E-state index contributed by atoms with van der Waals surface area (Å²) in [6.07, 6.45) is 5.10. The van der Waals surface area contributed by atoms with E-state index in [-0.39, 0.29) is 11.8 Å². The molecule has 0 bridgehead atoms. The van der Waals surface area contributed by atoms with Gasteiger partial charge < -0.3 is 10.6 Å². The molecule has 0 aliphatic carbocycles. The highest BCUT2D eigenvalue weighted by Gasteiger charge is 2.17. The maximum atomic E-state index is 12.0. The molecule has 4 heteroatoms. The molecule has 0 aliphatic heterocycles. The van der Waals surface area contributed by atoms with Crippen LogP contribution in [0.25, 0.3) is 0 Å². The van der Waals surface area contributed by atoms with Gasteiger partial charge >= 0.3 is 0 Å². The molecule has 16 heavy (non-hydrogen) atoms. The van der Waals surface area contributed by atoms with Crippen molar-refractivity contribution in [2.75, 3.05) is 18.5 Å². The second-order valence-corrected chi connectivity index (χ2v) is 3.94. The topological polar surface area (TPSA) is 59.2 Å². The van der Waals surface area contributed by atoms with Crippen molar-refractivity contribution in [3.05, 3.63) is 24.5 Å². The van der Waals surface area contributed by atoms with E-state index in [9.17, 15) is 4.79 Å². The zero-order valence-corrected chi connectivity index (χ0v) is 9.89. The molecule has 0 saturated heterocycles.